The number of hydrogen-bond donors (Lipinski definition) is 3. The van der Waals surface area contributed by atoms with Gasteiger partial charge in [-0.15, -0.1) is 0 Å². The van der Waals surface area contributed by atoms with Gasteiger partial charge < -0.3 is 25.3 Å². The maximum atomic E-state index is 13.7. The molecule has 3 heterocycles. The van der Waals surface area contributed by atoms with Crippen LogP contribution >= 0.6 is 0 Å². The van der Waals surface area contributed by atoms with Crippen molar-refractivity contribution in [3.8, 4) is 11.8 Å². The second-order valence-corrected chi connectivity index (χ2v) is 9.56. The molecule has 9 heteroatoms. The summed E-state index contributed by atoms with van der Waals surface area (Å²) in [7, 11) is 1.58. The van der Waals surface area contributed by atoms with Crippen molar-refractivity contribution in [2.75, 3.05) is 20.2 Å². The van der Waals surface area contributed by atoms with Crippen LogP contribution in [0.4, 0.5) is 0 Å². The molecular formula is C28H29N5O4. The molecule has 0 aliphatic carbocycles. The van der Waals surface area contributed by atoms with E-state index >= 15 is 0 Å². The zero-order valence-corrected chi connectivity index (χ0v) is 20.6. The van der Waals surface area contributed by atoms with Crippen molar-refractivity contribution in [2.45, 2.75) is 37.3 Å². The highest BCUT2D eigenvalue weighted by Gasteiger charge is 2.44. The normalized spacial score (nSPS) is 21.9. The summed E-state index contributed by atoms with van der Waals surface area (Å²) in [5, 5.41) is 16.1. The number of fused-ring (bicyclic) bond motifs is 1. The fourth-order valence-corrected chi connectivity index (χ4v) is 5.52. The highest BCUT2D eigenvalue weighted by Crippen LogP contribution is 2.35. The minimum absolute atomic E-state index is 0.0939. The average molecular weight is 500 g/mol. The Labute approximate surface area is 214 Å². The van der Waals surface area contributed by atoms with Crippen LogP contribution in [-0.4, -0.2) is 59.9 Å². The molecule has 0 bridgehead atoms. The molecular weight excluding hydrogens is 470 g/mol. The molecule has 2 aliphatic heterocycles. The SMILES string of the molecule is COc1cccc2[nH]c(C(=O)N3CCC(c4ccccc4)C3C(=O)NC(C#N)CC3CCNC3=O)cc12. The molecule has 1 aromatic heterocycles. The first-order chi connectivity index (χ1) is 18.0. The van der Waals surface area contributed by atoms with Crippen molar-refractivity contribution < 1.29 is 19.1 Å². The van der Waals surface area contributed by atoms with Crippen molar-refractivity contribution in [3.05, 3.63) is 65.9 Å². The Kier molecular flexibility index (Phi) is 6.82. The van der Waals surface area contributed by atoms with Crippen molar-refractivity contribution in [1.82, 2.24) is 20.5 Å². The van der Waals surface area contributed by atoms with E-state index in [0.29, 0.717) is 37.4 Å². The quantitative estimate of drug-likeness (QED) is 0.461. The van der Waals surface area contributed by atoms with Gasteiger partial charge in [-0.25, -0.2) is 0 Å². The van der Waals surface area contributed by atoms with Gasteiger partial charge in [0.25, 0.3) is 5.91 Å². The number of rotatable bonds is 7. The van der Waals surface area contributed by atoms with Crippen molar-refractivity contribution in [2.24, 2.45) is 5.92 Å². The third-order valence-corrected chi connectivity index (χ3v) is 7.38. The second kappa shape index (κ2) is 10.3. The lowest BCUT2D eigenvalue weighted by molar-refractivity contribution is -0.126. The summed E-state index contributed by atoms with van der Waals surface area (Å²) in [6, 6.07) is 17.4. The van der Waals surface area contributed by atoms with Gasteiger partial charge in [0, 0.05) is 35.8 Å². The second-order valence-electron chi connectivity index (χ2n) is 9.56. The van der Waals surface area contributed by atoms with Gasteiger partial charge >= 0.3 is 0 Å². The molecule has 2 aromatic carbocycles. The smallest absolute Gasteiger partial charge is 0.271 e. The standard InChI is InChI=1S/C28H29N5O4/c1-37-24-9-5-8-22-21(24)15-23(32-22)28(36)33-13-11-20(17-6-3-2-4-7-17)25(33)27(35)31-19(16-29)14-18-10-12-30-26(18)34/h2-9,15,18-20,25,32H,10-14H2,1H3,(H,30,34)(H,31,35). The molecule has 2 saturated heterocycles. The van der Waals surface area contributed by atoms with Crippen LogP contribution in [0.15, 0.2) is 54.6 Å². The molecule has 3 N–H and O–H groups in total. The van der Waals surface area contributed by atoms with Crippen LogP contribution in [0.5, 0.6) is 5.75 Å². The highest BCUT2D eigenvalue weighted by atomic mass is 16.5. The number of carbonyl (C=O) groups excluding carboxylic acids is 3. The Morgan fingerprint density at radius 3 is 2.70 bits per heavy atom. The van der Waals surface area contributed by atoms with Crippen LogP contribution in [0.1, 0.15) is 41.2 Å². The van der Waals surface area contributed by atoms with Gasteiger partial charge in [0.2, 0.25) is 11.8 Å². The van der Waals surface area contributed by atoms with Crippen LogP contribution in [0.3, 0.4) is 0 Å². The number of methoxy groups -OCH3 is 1. The number of nitriles is 1. The van der Waals surface area contributed by atoms with Gasteiger partial charge in [-0.2, -0.15) is 5.26 Å². The molecule has 9 nitrogen and oxygen atoms in total. The largest absolute Gasteiger partial charge is 0.496 e. The summed E-state index contributed by atoms with van der Waals surface area (Å²) < 4.78 is 5.43. The van der Waals surface area contributed by atoms with Crippen LogP contribution in [0.2, 0.25) is 0 Å². The highest BCUT2D eigenvalue weighted by molar-refractivity contribution is 6.02. The van der Waals surface area contributed by atoms with Crippen molar-refractivity contribution >= 4 is 28.6 Å². The molecule has 0 spiro atoms. The first-order valence-electron chi connectivity index (χ1n) is 12.5. The van der Waals surface area contributed by atoms with Crippen molar-refractivity contribution in [3.63, 3.8) is 0 Å². The zero-order valence-electron chi connectivity index (χ0n) is 20.6. The minimum Gasteiger partial charge on any atom is -0.496 e. The Morgan fingerprint density at radius 2 is 2.00 bits per heavy atom. The zero-order chi connectivity index (χ0) is 25.9. The first-order valence-corrected chi connectivity index (χ1v) is 12.5. The number of benzene rings is 2. The van der Waals surface area contributed by atoms with Crippen LogP contribution in [-0.2, 0) is 9.59 Å². The fraction of sp³-hybridized carbons (Fsp3) is 0.357. The predicted molar refractivity (Wildman–Crippen MR) is 137 cm³/mol. The maximum absolute atomic E-state index is 13.7. The lowest BCUT2D eigenvalue weighted by Gasteiger charge is -2.28. The maximum Gasteiger partial charge on any atom is 0.271 e. The third-order valence-electron chi connectivity index (χ3n) is 7.38. The van der Waals surface area contributed by atoms with Crippen molar-refractivity contribution in [1.29, 1.82) is 5.26 Å². The Hall–Kier alpha value is -4.32. The molecule has 0 saturated carbocycles. The van der Waals surface area contributed by atoms with Gasteiger partial charge in [0.1, 0.15) is 23.5 Å². The molecule has 0 radical (unpaired) electrons. The number of ether oxygens (including phenoxy) is 1. The molecule has 5 rings (SSSR count). The number of aromatic nitrogens is 1. The van der Waals surface area contributed by atoms with E-state index in [-0.39, 0.29) is 30.1 Å². The summed E-state index contributed by atoms with van der Waals surface area (Å²) >= 11 is 0. The van der Waals surface area contributed by atoms with Crippen LogP contribution in [0, 0.1) is 17.2 Å². The van der Waals surface area contributed by atoms with E-state index in [1.54, 1.807) is 18.1 Å². The van der Waals surface area contributed by atoms with Gasteiger partial charge in [-0.3, -0.25) is 14.4 Å². The lowest BCUT2D eigenvalue weighted by atomic mass is 9.90. The molecule has 2 aliphatic rings. The Morgan fingerprint density at radius 1 is 1.19 bits per heavy atom. The predicted octanol–water partition coefficient (Wildman–Crippen LogP) is 2.71. The van der Waals surface area contributed by atoms with E-state index in [2.05, 4.69) is 21.7 Å². The first kappa shape index (κ1) is 24.4. The van der Waals surface area contributed by atoms with E-state index in [1.807, 2.05) is 48.5 Å². The molecule has 4 unspecified atom stereocenters. The number of carbonyl (C=O) groups is 3. The van der Waals surface area contributed by atoms with Gasteiger partial charge in [-0.05, 0) is 43.0 Å². The molecule has 3 aromatic rings. The van der Waals surface area contributed by atoms with Gasteiger partial charge in [0.05, 0.1) is 13.2 Å². The van der Waals surface area contributed by atoms with E-state index in [1.165, 1.54) is 0 Å². The number of amides is 3. The summed E-state index contributed by atoms with van der Waals surface area (Å²) in [4.78, 5) is 44.2. The van der Waals surface area contributed by atoms with Gasteiger partial charge in [0.15, 0.2) is 0 Å². The summed E-state index contributed by atoms with van der Waals surface area (Å²) in [6.45, 7) is 0.969. The Bertz CT molecular complexity index is 1360. The summed E-state index contributed by atoms with van der Waals surface area (Å²) in [5.74, 6) is -0.656. The number of aromatic amines is 1. The molecule has 37 heavy (non-hydrogen) atoms. The number of likely N-dealkylation sites (tertiary alicyclic amines) is 1. The molecule has 4 atom stereocenters. The lowest BCUT2D eigenvalue weighted by Crippen LogP contribution is -2.51. The third kappa shape index (κ3) is 4.75. The van der Waals surface area contributed by atoms with E-state index in [4.69, 9.17) is 4.74 Å². The number of hydrogen-bond acceptors (Lipinski definition) is 5. The monoisotopic (exact) mass is 499 g/mol. The summed E-state index contributed by atoms with van der Waals surface area (Å²) in [6.07, 6.45) is 1.49. The number of nitrogens with one attached hydrogen (secondary N) is 3. The average Bonchev–Trinajstić information content (AvgIpc) is 3.66. The van der Waals surface area contributed by atoms with E-state index in [9.17, 15) is 19.6 Å². The minimum atomic E-state index is -0.826. The number of nitrogens with zero attached hydrogens (tertiary/aromatic N) is 2. The summed E-state index contributed by atoms with van der Waals surface area (Å²) in [5.41, 5.74) is 2.09. The fourth-order valence-electron chi connectivity index (χ4n) is 5.52. The van der Waals surface area contributed by atoms with E-state index in [0.717, 1.165) is 16.5 Å². The Balaban J connectivity index is 1.43. The van der Waals surface area contributed by atoms with E-state index < -0.39 is 18.0 Å². The van der Waals surface area contributed by atoms with Crippen LogP contribution in [0.25, 0.3) is 10.9 Å². The van der Waals surface area contributed by atoms with Crippen LogP contribution < -0.4 is 15.4 Å². The molecule has 3 amide bonds. The number of H-pyrrole nitrogens is 1. The van der Waals surface area contributed by atoms with Gasteiger partial charge in [-0.1, -0.05) is 36.4 Å². The molecule has 190 valence electrons. The topological polar surface area (TPSA) is 127 Å². The molecule has 2 fully saturated rings.